The van der Waals surface area contributed by atoms with Crippen LogP contribution in [0.4, 0.5) is 0 Å². The van der Waals surface area contributed by atoms with Crippen LogP contribution in [0, 0.1) is 13.8 Å². The first kappa shape index (κ1) is 23.7. The van der Waals surface area contributed by atoms with Crippen molar-refractivity contribution in [3.8, 4) is 45.4 Å². The molecule has 0 fully saturated rings. The van der Waals surface area contributed by atoms with Gasteiger partial charge in [-0.05, 0) is 97.5 Å². The summed E-state index contributed by atoms with van der Waals surface area (Å²) >= 11 is 0. The first-order chi connectivity index (χ1) is 18.5. The summed E-state index contributed by atoms with van der Waals surface area (Å²) in [5.41, 5.74) is 10.2. The largest absolute Gasteiger partial charge is 0.507 e. The van der Waals surface area contributed by atoms with E-state index >= 15 is 0 Å². The zero-order valence-electron chi connectivity index (χ0n) is 21.4. The summed E-state index contributed by atoms with van der Waals surface area (Å²) in [5, 5.41) is 22.4. The van der Waals surface area contributed by atoms with Crippen LogP contribution in [0.2, 0.25) is 0 Å². The minimum Gasteiger partial charge on any atom is -0.507 e. The van der Waals surface area contributed by atoms with E-state index in [-0.39, 0.29) is 11.5 Å². The first-order valence-corrected chi connectivity index (χ1v) is 12.8. The molecule has 2 N–H and O–H groups in total. The molecule has 4 heteroatoms. The summed E-state index contributed by atoms with van der Waals surface area (Å²) in [4.78, 5) is 9.80. The minimum atomic E-state index is 0.241. The quantitative estimate of drug-likeness (QED) is 0.292. The van der Waals surface area contributed by atoms with Crippen LogP contribution < -0.4 is 0 Å². The number of rotatable bonds is 5. The van der Waals surface area contributed by atoms with Crippen molar-refractivity contribution in [2.45, 2.75) is 26.7 Å². The number of aromatic nitrogens is 2. The molecule has 0 spiro atoms. The van der Waals surface area contributed by atoms with Crippen molar-refractivity contribution >= 4 is 11.1 Å². The molecule has 2 aliphatic rings. The van der Waals surface area contributed by atoms with E-state index < -0.39 is 0 Å². The zero-order valence-corrected chi connectivity index (χ0v) is 21.4. The Bertz CT molecular complexity index is 1580. The van der Waals surface area contributed by atoms with Gasteiger partial charge in [-0.15, -0.1) is 0 Å². The number of phenolic OH excluding ortho intramolecular Hbond substituents is 2. The predicted octanol–water partition coefficient (Wildman–Crippen LogP) is 8.19. The Hall–Kier alpha value is -4.70. The van der Waals surface area contributed by atoms with E-state index in [9.17, 15) is 10.2 Å². The molecule has 0 unspecified atom stereocenters. The van der Waals surface area contributed by atoms with Gasteiger partial charge in [0, 0.05) is 22.3 Å². The second-order valence-electron chi connectivity index (χ2n) is 9.88. The highest BCUT2D eigenvalue weighted by Gasteiger charge is 2.18. The van der Waals surface area contributed by atoms with E-state index in [4.69, 9.17) is 9.97 Å². The number of aryl methyl sites for hydroxylation is 2. The van der Waals surface area contributed by atoms with Gasteiger partial charge in [0.1, 0.15) is 11.5 Å². The molecule has 2 aliphatic carbocycles. The molecule has 0 aliphatic heterocycles. The standard InChI is InChI=1S/C34H28N2O2/c1-21-17-25(23-9-3-4-10-23)33(37)27(19-21)29-13-7-15-31(35-29)32-16-8-14-30(36-32)28-20-22(2)18-26(34(28)38)24-11-5-6-12-24/h3-9,11,13-20,37-38H,10,12H2,1-2H3. The average molecular weight is 497 g/mol. The van der Waals surface area contributed by atoms with Crippen LogP contribution in [0.5, 0.6) is 11.5 Å². The molecule has 0 atom stereocenters. The van der Waals surface area contributed by atoms with Gasteiger partial charge in [0.25, 0.3) is 0 Å². The Morgan fingerprint density at radius 2 is 0.947 bits per heavy atom. The molecular weight excluding hydrogens is 468 g/mol. The lowest BCUT2D eigenvalue weighted by Gasteiger charge is -2.14. The van der Waals surface area contributed by atoms with Crippen LogP contribution >= 0.6 is 0 Å². The Kier molecular flexibility index (Phi) is 6.01. The lowest BCUT2D eigenvalue weighted by molar-refractivity contribution is 0.474. The third kappa shape index (κ3) is 4.35. The normalized spacial score (nSPS) is 14.2. The maximum Gasteiger partial charge on any atom is 0.132 e. The molecule has 0 amide bonds. The number of pyridine rings is 2. The van der Waals surface area contributed by atoms with E-state index in [2.05, 4.69) is 12.2 Å². The van der Waals surface area contributed by atoms with Crippen LogP contribution in [0.1, 0.15) is 35.1 Å². The molecule has 2 aromatic carbocycles. The Balaban J connectivity index is 1.40. The fraction of sp³-hybridized carbons (Fsp3) is 0.118. The van der Waals surface area contributed by atoms with Crippen LogP contribution in [-0.2, 0) is 0 Å². The molecule has 0 saturated carbocycles. The van der Waals surface area contributed by atoms with Crippen molar-refractivity contribution < 1.29 is 10.2 Å². The number of nitrogens with zero attached hydrogens (tertiary/aromatic N) is 2. The molecule has 38 heavy (non-hydrogen) atoms. The lowest BCUT2D eigenvalue weighted by Crippen LogP contribution is -1.95. The highest BCUT2D eigenvalue weighted by Crippen LogP contribution is 2.40. The molecular formula is C34H28N2O2. The molecule has 6 rings (SSSR count). The van der Waals surface area contributed by atoms with E-state index in [1.807, 2.05) is 98.8 Å². The minimum absolute atomic E-state index is 0.241. The van der Waals surface area contributed by atoms with Crippen LogP contribution in [-0.4, -0.2) is 20.2 Å². The van der Waals surface area contributed by atoms with Gasteiger partial charge in [-0.2, -0.15) is 0 Å². The van der Waals surface area contributed by atoms with Crippen LogP contribution in [0.15, 0.2) is 97.1 Å². The average Bonchev–Trinajstić information content (AvgIpc) is 3.66. The Morgan fingerprint density at radius 1 is 0.553 bits per heavy atom. The summed E-state index contributed by atoms with van der Waals surface area (Å²) in [7, 11) is 0. The second-order valence-corrected chi connectivity index (χ2v) is 9.88. The third-order valence-corrected chi connectivity index (χ3v) is 7.06. The van der Waals surface area contributed by atoms with Gasteiger partial charge in [-0.3, -0.25) is 0 Å². The van der Waals surface area contributed by atoms with Crippen molar-refractivity contribution in [2.24, 2.45) is 0 Å². The fourth-order valence-electron chi connectivity index (χ4n) is 5.19. The topological polar surface area (TPSA) is 66.2 Å². The monoisotopic (exact) mass is 496 g/mol. The van der Waals surface area contributed by atoms with Gasteiger partial charge in [-0.1, -0.05) is 48.6 Å². The van der Waals surface area contributed by atoms with Gasteiger partial charge >= 0.3 is 0 Å². The second kappa shape index (κ2) is 9.64. The van der Waals surface area contributed by atoms with Gasteiger partial charge in [0.15, 0.2) is 0 Å². The molecule has 4 aromatic rings. The fourth-order valence-corrected chi connectivity index (χ4v) is 5.19. The number of allylic oxidation sites excluding steroid dienone is 8. The Morgan fingerprint density at radius 3 is 1.34 bits per heavy atom. The number of benzene rings is 2. The molecule has 4 nitrogen and oxygen atoms in total. The van der Waals surface area contributed by atoms with Crippen LogP contribution in [0.25, 0.3) is 45.0 Å². The van der Waals surface area contributed by atoms with E-state index in [0.717, 1.165) is 46.2 Å². The van der Waals surface area contributed by atoms with Gasteiger partial charge in [0.2, 0.25) is 0 Å². The SMILES string of the molecule is Cc1cc(C2=CC=CC2)c(O)c(-c2cccc(-c3cccc(-c4cc(C)cc(C5=CC=CC5)c4O)n3)n2)c1. The molecule has 0 saturated heterocycles. The van der Waals surface area contributed by atoms with Crippen molar-refractivity contribution in [1.29, 1.82) is 0 Å². The van der Waals surface area contributed by atoms with Crippen molar-refractivity contribution in [2.75, 3.05) is 0 Å². The summed E-state index contributed by atoms with van der Waals surface area (Å²) in [5.74, 6) is 0.481. The van der Waals surface area contributed by atoms with Gasteiger partial charge in [0.05, 0.1) is 22.8 Å². The number of phenols is 2. The van der Waals surface area contributed by atoms with Crippen molar-refractivity contribution in [3.05, 3.63) is 119 Å². The third-order valence-electron chi connectivity index (χ3n) is 7.06. The Labute approximate surface area is 222 Å². The van der Waals surface area contributed by atoms with E-state index in [0.29, 0.717) is 33.9 Å². The van der Waals surface area contributed by atoms with E-state index in [1.165, 1.54) is 0 Å². The summed E-state index contributed by atoms with van der Waals surface area (Å²) in [6.07, 6.45) is 13.9. The zero-order chi connectivity index (χ0) is 26.2. The van der Waals surface area contributed by atoms with Crippen molar-refractivity contribution in [3.63, 3.8) is 0 Å². The predicted molar refractivity (Wildman–Crippen MR) is 155 cm³/mol. The van der Waals surface area contributed by atoms with Crippen molar-refractivity contribution in [1.82, 2.24) is 9.97 Å². The molecule has 186 valence electrons. The number of hydrogen-bond acceptors (Lipinski definition) is 4. The molecule has 2 heterocycles. The highest BCUT2D eigenvalue weighted by molar-refractivity contribution is 5.84. The number of hydrogen-bond donors (Lipinski definition) is 2. The molecule has 2 aromatic heterocycles. The van der Waals surface area contributed by atoms with Crippen LogP contribution in [0.3, 0.4) is 0 Å². The number of aromatic hydroxyl groups is 2. The van der Waals surface area contributed by atoms with Gasteiger partial charge in [-0.25, -0.2) is 9.97 Å². The summed E-state index contributed by atoms with van der Waals surface area (Å²) in [6, 6.07) is 19.5. The first-order valence-electron chi connectivity index (χ1n) is 12.8. The smallest absolute Gasteiger partial charge is 0.132 e. The molecule has 0 bridgehead atoms. The highest BCUT2D eigenvalue weighted by atomic mass is 16.3. The van der Waals surface area contributed by atoms with E-state index in [1.54, 1.807) is 0 Å². The van der Waals surface area contributed by atoms with Gasteiger partial charge < -0.3 is 10.2 Å². The maximum absolute atomic E-state index is 11.2. The summed E-state index contributed by atoms with van der Waals surface area (Å²) < 4.78 is 0. The lowest BCUT2D eigenvalue weighted by atomic mass is 9.96. The molecule has 0 radical (unpaired) electrons. The summed E-state index contributed by atoms with van der Waals surface area (Å²) in [6.45, 7) is 4.06. The maximum atomic E-state index is 11.2.